The molecule has 70 valence electrons. The Hall–Kier alpha value is -0.860. The lowest BCUT2D eigenvalue weighted by atomic mass is 10.3. The first-order valence-electron chi connectivity index (χ1n) is 4.41. The normalized spacial score (nSPS) is 9.50. The van der Waals surface area contributed by atoms with Gasteiger partial charge in [-0.3, -0.25) is 0 Å². The van der Waals surface area contributed by atoms with E-state index in [1.165, 1.54) is 12.8 Å². The maximum absolute atomic E-state index is 2.24. The first-order chi connectivity index (χ1) is 5.36. The summed E-state index contributed by atoms with van der Waals surface area (Å²) in [6.07, 6.45) is 8.97. The molecule has 0 saturated carbocycles. The third kappa shape index (κ3) is 3.03. The molecule has 0 aliphatic heterocycles. The first kappa shape index (κ1) is 11.1. The average Bonchev–Trinajstić information content (AvgIpc) is 2.48. The van der Waals surface area contributed by atoms with Crippen molar-refractivity contribution in [2.24, 2.45) is 0 Å². The smallest absolute Gasteiger partial charge is 0.243 e. The number of imidazole rings is 1. The molecule has 1 aromatic rings. The molecule has 0 spiro atoms. The van der Waals surface area contributed by atoms with E-state index in [1.54, 1.807) is 0 Å². The molecule has 1 heterocycles. The van der Waals surface area contributed by atoms with Gasteiger partial charge in [-0.1, -0.05) is 13.3 Å². The second kappa shape index (κ2) is 5.75. The monoisotopic (exact) mass is 172 g/mol. The number of hydrogen-bond acceptors (Lipinski definition) is 0. The summed E-state index contributed by atoms with van der Waals surface area (Å²) < 4.78 is 4.43. The van der Waals surface area contributed by atoms with Gasteiger partial charge in [-0.05, 0) is 13.3 Å². The minimum atomic E-state index is 0. The van der Waals surface area contributed by atoms with Gasteiger partial charge in [0.2, 0.25) is 6.33 Å². The number of halogens is 1. The molecular weight excluding hydrogens is 155 g/mol. The van der Waals surface area contributed by atoms with Crippen LogP contribution in [-0.2, 0) is 13.1 Å². The van der Waals surface area contributed by atoms with E-state index in [0.717, 1.165) is 13.1 Å². The topological polar surface area (TPSA) is 8.81 Å². The van der Waals surface area contributed by atoms with E-state index >= 15 is 0 Å². The highest BCUT2D eigenvalue weighted by Crippen LogP contribution is 1.87. The lowest BCUT2D eigenvalue weighted by Gasteiger charge is -1.91. The van der Waals surface area contributed by atoms with E-state index in [1.807, 2.05) is 0 Å². The van der Waals surface area contributed by atoms with Crippen LogP contribution in [-0.4, -0.2) is 4.57 Å². The van der Waals surface area contributed by atoms with Crippen molar-refractivity contribution in [2.45, 2.75) is 39.8 Å². The van der Waals surface area contributed by atoms with Crippen molar-refractivity contribution in [2.75, 3.05) is 0 Å². The number of nitrogens with zero attached hydrogens (tertiary/aromatic N) is 2. The van der Waals surface area contributed by atoms with Gasteiger partial charge in [0.05, 0.1) is 13.1 Å². The summed E-state index contributed by atoms with van der Waals surface area (Å²) in [6.45, 7) is 6.60. The Morgan fingerprint density at radius 1 is 1.33 bits per heavy atom. The van der Waals surface area contributed by atoms with Crippen molar-refractivity contribution >= 4 is 0 Å². The van der Waals surface area contributed by atoms with Gasteiger partial charge in [-0.15, -0.1) is 0 Å². The van der Waals surface area contributed by atoms with Crippen LogP contribution in [0.4, 0.5) is 0 Å². The molecule has 0 unspecified atom stereocenters. The predicted molar refractivity (Wildman–Crippen MR) is 45.2 cm³/mol. The second-order valence-corrected chi connectivity index (χ2v) is 2.84. The summed E-state index contributed by atoms with van der Waals surface area (Å²) in [7, 11) is 0. The van der Waals surface area contributed by atoms with Crippen molar-refractivity contribution in [3.8, 4) is 0 Å². The maximum atomic E-state index is 2.24. The Morgan fingerprint density at radius 3 is 2.58 bits per heavy atom. The highest BCUT2D eigenvalue weighted by Gasteiger charge is 1.98. The van der Waals surface area contributed by atoms with Gasteiger partial charge in [0.25, 0.3) is 0 Å². The molecule has 0 aromatic carbocycles. The Balaban J connectivity index is 0.00000121. The number of hydrogen-bond donors (Lipinski definition) is 0. The van der Waals surface area contributed by atoms with Crippen molar-refractivity contribution in [3.63, 3.8) is 0 Å². The average molecular weight is 172 g/mol. The molecule has 0 aliphatic carbocycles. The van der Waals surface area contributed by atoms with Crippen molar-refractivity contribution in [1.29, 1.82) is 0 Å². The lowest BCUT2D eigenvalue weighted by Crippen LogP contribution is -3.00. The van der Waals surface area contributed by atoms with Gasteiger partial charge >= 0.3 is 0 Å². The van der Waals surface area contributed by atoms with Crippen LogP contribution in [0.15, 0.2) is 18.7 Å². The molecule has 0 fully saturated rings. The number of rotatable bonds is 4. The van der Waals surface area contributed by atoms with Crippen LogP contribution in [0.2, 0.25) is 0 Å². The lowest BCUT2D eigenvalue weighted by molar-refractivity contribution is -0.696. The molecule has 1 aromatic heterocycles. The summed E-state index contributed by atoms with van der Waals surface area (Å²) in [5.74, 6) is 0. The zero-order valence-electron chi connectivity index (χ0n) is 7.83. The van der Waals surface area contributed by atoms with E-state index in [2.05, 4.69) is 41.7 Å². The minimum Gasteiger partial charge on any atom is -1.00 e. The van der Waals surface area contributed by atoms with Crippen molar-refractivity contribution in [1.82, 2.24) is 4.57 Å². The molecule has 12 heavy (non-hydrogen) atoms. The Bertz CT molecular complexity index is 208. The fraction of sp³-hybridized carbons (Fsp3) is 0.667. The third-order valence-electron chi connectivity index (χ3n) is 1.88. The van der Waals surface area contributed by atoms with Crippen LogP contribution in [0.25, 0.3) is 0 Å². The number of aryl methyl sites for hydroxylation is 2. The Labute approximate surface area is 73.2 Å². The minimum absolute atomic E-state index is 0. The van der Waals surface area contributed by atoms with Crippen molar-refractivity contribution < 1.29 is 9.27 Å². The van der Waals surface area contributed by atoms with Crippen LogP contribution < -0.4 is 9.27 Å². The van der Waals surface area contributed by atoms with Gasteiger partial charge < -0.3 is 4.70 Å². The summed E-state index contributed by atoms with van der Waals surface area (Å²) >= 11 is 0. The Morgan fingerprint density at radius 2 is 2.08 bits per heavy atom. The molecule has 0 bridgehead atoms. The van der Waals surface area contributed by atoms with E-state index in [0.29, 0.717) is 0 Å². The molecule has 0 amide bonds. The first-order valence-corrected chi connectivity index (χ1v) is 4.41. The predicted octanol–water partition coefficient (Wildman–Crippen LogP) is -1.40. The molecule has 1 rings (SSSR count). The zero-order valence-corrected chi connectivity index (χ0v) is 7.83. The van der Waals surface area contributed by atoms with Crippen LogP contribution in [0.5, 0.6) is 0 Å². The molecule has 3 heteroatoms. The fourth-order valence-corrected chi connectivity index (χ4v) is 1.10. The highest BCUT2D eigenvalue weighted by atomic mass is 19.0. The van der Waals surface area contributed by atoms with E-state index in [9.17, 15) is 0 Å². The SMILES string of the molecule is CCCC[n+]1ccn(CC)c1.[F-]. The standard InChI is InChI=1S/C9H17N2.FH/c1-3-5-6-11-8-7-10(4-2)9-11;/h7-9H,3-6H2,1-2H3;1H/q+1;/p-1. The van der Waals surface area contributed by atoms with Gasteiger partial charge in [0, 0.05) is 0 Å². The quantitative estimate of drug-likeness (QED) is 0.494. The number of aromatic nitrogens is 2. The fourth-order valence-electron chi connectivity index (χ4n) is 1.10. The number of unbranched alkanes of at least 4 members (excludes halogenated alkanes) is 1. The Kier molecular flexibility index (Phi) is 5.34. The molecule has 0 N–H and O–H groups in total. The summed E-state index contributed by atoms with van der Waals surface area (Å²) in [5.41, 5.74) is 0. The van der Waals surface area contributed by atoms with Crippen LogP contribution in [0.3, 0.4) is 0 Å². The van der Waals surface area contributed by atoms with Gasteiger partial charge in [0.1, 0.15) is 12.4 Å². The molecule has 2 nitrogen and oxygen atoms in total. The summed E-state index contributed by atoms with van der Waals surface area (Å²) in [5, 5.41) is 0. The molecular formula is C9H17FN2. The zero-order chi connectivity index (χ0) is 8.10. The van der Waals surface area contributed by atoms with E-state index < -0.39 is 0 Å². The second-order valence-electron chi connectivity index (χ2n) is 2.84. The summed E-state index contributed by atoms with van der Waals surface area (Å²) in [4.78, 5) is 0. The maximum Gasteiger partial charge on any atom is 0.243 e. The van der Waals surface area contributed by atoms with Gasteiger partial charge in [0.15, 0.2) is 0 Å². The molecule has 0 radical (unpaired) electrons. The van der Waals surface area contributed by atoms with Crippen LogP contribution >= 0.6 is 0 Å². The summed E-state index contributed by atoms with van der Waals surface area (Å²) in [6, 6.07) is 0. The van der Waals surface area contributed by atoms with Crippen LogP contribution in [0.1, 0.15) is 26.7 Å². The third-order valence-corrected chi connectivity index (χ3v) is 1.88. The van der Waals surface area contributed by atoms with Crippen LogP contribution in [0, 0.1) is 0 Å². The largest absolute Gasteiger partial charge is 1.00 e. The molecule has 0 saturated heterocycles. The van der Waals surface area contributed by atoms with E-state index in [-0.39, 0.29) is 4.70 Å². The van der Waals surface area contributed by atoms with Gasteiger partial charge in [-0.25, -0.2) is 9.13 Å². The highest BCUT2D eigenvalue weighted by molar-refractivity contribution is 4.64. The molecule has 0 atom stereocenters. The van der Waals surface area contributed by atoms with Crippen molar-refractivity contribution in [3.05, 3.63) is 18.7 Å². The van der Waals surface area contributed by atoms with E-state index in [4.69, 9.17) is 0 Å². The van der Waals surface area contributed by atoms with Gasteiger partial charge in [-0.2, -0.15) is 0 Å². The molecule has 0 aliphatic rings.